The van der Waals surface area contributed by atoms with E-state index in [4.69, 9.17) is 24.1 Å². The lowest BCUT2D eigenvalue weighted by molar-refractivity contribution is 0.0779. The average molecular weight is 471 g/mol. The summed E-state index contributed by atoms with van der Waals surface area (Å²) in [4.78, 5) is 28.3. The smallest absolute Gasteiger partial charge is 0.208 e. The zero-order valence-corrected chi connectivity index (χ0v) is 20.4. The number of rotatable bonds is 13. The second-order valence-corrected chi connectivity index (χ2v) is 8.41. The van der Waals surface area contributed by atoms with Crippen LogP contribution in [-0.4, -0.2) is 51.7 Å². The Morgan fingerprint density at radius 1 is 0.647 bits per heavy atom. The fourth-order valence-electron chi connectivity index (χ4n) is 4.95. The van der Waals surface area contributed by atoms with Gasteiger partial charge in [-0.1, -0.05) is 62.4 Å². The van der Waals surface area contributed by atoms with E-state index in [1.54, 1.807) is 0 Å². The number of ketones is 2. The van der Waals surface area contributed by atoms with Crippen LogP contribution in [0.5, 0.6) is 23.0 Å². The van der Waals surface area contributed by atoms with Gasteiger partial charge >= 0.3 is 0 Å². The van der Waals surface area contributed by atoms with Crippen molar-refractivity contribution in [2.24, 2.45) is 0 Å². The van der Waals surface area contributed by atoms with E-state index in [0.29, 0.717) is 18.4 Å². The molecule has 2 aromatic carbocycles. The Bertz CT molecular complexity index is 963. The van der Waals surface area contributed by atoms with Gasteiger partial charge in [0, 0.05) is 6.61 Å². The van der Waals surface area contributed by atoms with Crippen molar-refractivity contribution in [3.63, 3.8) is 0 Å². The second-order valence-electron chi connectivity index (χ2n) is 8.41. The largest absolute Gasteiger partial charge is 0.492 e. The van der Waals surface area contributed by atoms with Crippen molar-refractivity contribution in [3.05, 3.63) is 47.0 Å². The van der Waals surface area contributed by atoms with Crippen LogP contribution >= 0.6 is 0 Å². The van der Waals surface area contributed by atoms with E-state index in [2.05, 4.69) is 0 Å². The maximum Gasteiger partial charge on any atom is 0.208 e. The van der Waals surface area contributed by atoms with Crippen LogP contribution in [0.3, 0.4) is 0 Å². The zero-order chi connectivity index (χ0) is 24.7. The second kappa shape index (κ2) is 11.4. The number of aliphatic hydroxyl groups is 1. The Balaban J connectivity index is 2.10. The summed E-state index contributed by atoms with van der Waals surface area (Å²) >= 11 is 0. The van der Waals surface area contributed by atoms with Crippen molar-refractivity contribution in [2.45, 2.75) is 50.4 Å². The van der Waals surface area contributed by atoms with Gasteiger partial charge in [-0.05, 0) is 18.4 Å². The Morgan fingerprint density at radius 2 is 1.09 bits per heavy atom. The standard InChI is InChI=1S/C27H34O7/c1-31-21-19-20(22(32-2)24(34-4)23(21)33-3)26(30)27(25(19)29,18-14-10-9-11-15-18)16-12-7-5-6-8-13-17-28/h9-11,14-15,28H,5-8,12-13,16-17H2,1-4H3. The van der Waals surface area contributed by atoms with Crippen molar-refractivity contribution in [1.29, 1.82) is 0 Å². The van der Waals surface area contributed by atoms with Crippen LogP contribution in [0, 0.1) is 0 Å². The monoisotopic (exact) mass is 470 g/mol. The molecule has 0 aromatic heterocycles. The highest BCUT2D eigenvalue weighted by Crippen LogP contribution is 2.56. The lowest BCUT2D eigenvalue weighted by atomic mass is 9.72. The fourth-order valence-corrected chi connectivity index (χ4v) is 4.95. The van der Waals surface area contributed by atoms with Crippen LogP contribution in [0.1, 0.15) is 71.2 Å². The van der Waals surface area contributed by atoms with Crippen LogP contribution in [0.15, 0.2) is 30.3 Å². The van der Waals surface area contributed by atoms with Crippen LogP contribution in [-0.2, 0) is 5.41 Å². The van der Waals surface area contributed by atoms with Gasteiger partial charge in [-0.3, -0.25) is 9.59 Å². The molecule has 7 nitrogen and oxygen atoms in total. The Hall–Kier alpha value is -3.06. The first-order valence-corrected chi connectivity index (χ1v) is 11.7. The molecule has 1 aliphatic rings. The summed E-state index contributed by atoms with van der Waals surface area (Å²) in [7, 11) is 5.79. The van der Waals surface area contributed by atoms with E-state index >= 15 is 0 Å². The van der Waals surface area contributed by atoms with Crippen molar-refractivity contribution in [3.8, 4) is 23.0 Å². The Morgan fingerprint density at radius 3 is 1.53 bits per heavy atom. The molecule has 0 unspecified atom stereocenters. The number of ether oxygens (including phenoxy) is 4. The summed E-state index contributed by atoms with van der Waals surface area (Å²) in [5.41, 5.74) is -0.363. The van der Waals surface area contributed by atoms with Crippen molar-refractivity contribution < 1.29 is 33.6 Å². The molecule has 0 fully saturated rings. The molecule has 0 radical (unpaired) electrons. The highest BCUT2D eigenvalue weighted by molar-refractivity contribution is 6.35. The molecule has 184 valence electrons. The number of fused-ring (bicyclic) bond motifs is 1. The van der Waals surface area contributed by atoms with E-state index in [1.165, 1.54) is 28.4 Å². The molecule has 7 heteroatoms. The molecule has 3 rings (SSSR count). The molecule has 0 aliphatic heterocycles. The summed E-state index contributed by atoms with van der Waals surface area (Å²) in [5, 5.41) is 8.96. The minimum absolute atomic E-state index is 0.175. The predicted molar refractivity (Wildman–Crippen MR) is 129 cm³/mol. The normalized spacial score (nSPS) is 14.1. The van der Waals surface area contributed by atoms with Crippen LogP contribution < -0.4 is 18.9 Å². The molecule has 0 spiro atoms. The zero-order valence-electron chi connectivity index (χ0n) is 20.4. The van der Waals surface area contributed by atoms with E-state index < -0.39 is 5.41 Å². The summed E-state index contributed by atoms with van der Waals surface area (Å²) in [6, 6.07) is 9.20. The maximum absolute atomic E-state index is 14.2. The molecule has 1 aliphatic carbocycles. The summed E-state index contributed by atoms with van der Waals surface area (Å²) in [6.45, 7) is 0.203. The highest BCUT2D eigenvalue weighted by atomic mass is 16.5. The van der Waals surface area contributed by atoms with E-state index in [9.17, 15) is 9.59 Å². The number of unbranched alkanes of at least 4 members (excludes halogenated alkanes) is 5. The third-order valence-electron chi connectivity index (χ3n) is 6.60. The number of hydrogen-bond acceptors (Lipinski definition) is 7. The quantitative estimate of drug-likeness (QED) is 0.333. The van der Waals surface area contributed by atoms with Crippen molar-refractivity contribution >= 4 is 11.6 Å². The minimum atomic E-state index is -1.37. The molecular weight excluding hydrogens is 436 g/mol. The molecule has 0 saturated carbocycles. The van der Waals surface area contributed by atoms with Gasteiger partial charge in [0.2, 0.25) is 11.5 Å². The number of Topliss-reactive ketones (excluding diaryl/α,β-unsaturated/α-hetero) is 2. The topological polar surface area (TPSA) is 91.3 Å². The summed E-state index contributed by atoms with van der Waals surface area (Å²) in [6.07, 6.45) is 5.73. The minimum Gasteiger partial charge on any atom is -0.492 e. The van der Waals surface area contributed by atoms with Gasteiger partial charge in [-0.25, -0.2) is 0 Å². The number of benzene rings is 2. The molecule has 0 heterocycles. The van der Waals surface area contributed by atoms with Crippen LogP contribution in [0.2, 0.25) is 0 Å². The lowest BCUT2D eigenvalue weighted by Gasteiger charge is -2.26. The van der Waals surface area contributed by atoms with Gasteiger partial charge in [0.05, 0.1) is 39.6 Å². The van der Waals surface area contributed by atoms with E-state index in [-0.39, 0.29) is 52.3 Å². The average Bonchev–Trinajstić information content (AvgIpc) is 3.09. The molecule has 2 aromatic rings. The van der Waals surface area contributed by atoms with Crippen LogP contribution in [0.4, 0.5) is 0 Å². The third-order valence-corrected chi connectivity index (χ3v) is 6.60. The van der Waals surface area contributed by atoms with Gasteiger partial charge in [0.1, 0.15) is 5.41 Å². The lowest BCUT2D eigenvalue weighted by Crippen LogP contribution is -2.38. The summed E-state index contributed by atoms with van der Waals surface area (Å²) in [5.74, 6) is 0.166. The number of hydrogen-bond donors (Lipinski definition) is 1. The maximum atomic E-state index is 14.2. The van der Waals surface area contributed by atoms with Gasteiger partial charge in [0.15, 0.2) is 23.1 Å². The summed E-state index contributed by atoms with van der Waals surface area (Å²) < 4.78 is 22.2. The van der Waals surface area contributed by atoms with Gasteiger partial charge < -0.3 is 24.1 Å². The number of carbonyl (C=O) groups is 2. The molecule has 0 saturated heterocycles. The molecular formula is C27H34O7. The number of aliphatic hydroxyl groups excluding tert-OH is 1. The number of methoxy groups -OCH3 is 4. The van der Waals surface area contributed by atoms with Gasteiger partial charge in [-0.2, -0.15) is 0 Å². The molecule has 1 N–H and O–H groups in total. The van der Waals surface area contributed by atoms with Crippen molar-refractivity contribution in [1.82, 2.24) is 0 Å². The van der Waals surface area contributed by atoms with Crippen LogP contribution in [0.25, 0.3) is 0 Å². The van der Waals surface area contributed by atoms with Gasteiger partial charge in [0.25, 0.3) is 0 Å². The van der Waals surface area contributed by atoms with E-state index in [0.717, 1.165) is 32.1 Å². The van der Waals surface area contributed by atoms with Gasteiger partial charge in [-0.15, -0.1) is 0 Å². The van der Waals surface area contributed by atoms with Crippen molar-refractivity contribution in [2.75, 3.05) is 35.0 Å². The molecule has 0 atom stereocenters. The number of carbonyl (C=O) groups excluding carboxylic acids is 2. The molecule has 34 heavy (non-hydrogen) atoms. The highest BCUT2D eigenvalue weighted by Gasteiger charge is 2.57. The SMILES string of the molecule is COc1c(OC)c(OC)c2c(c1OC)C(=O)C(CCCCCCCCO)(c1ccccc1)C2=O. The van der Waals surface area contributed by atoms with E-state index in [1.807, 2.05) is 30.3 Å². The first-order chi connectivity index (χ1) is 16.5. The first kappa shape index (κ1) is 25.6. The Labute approximate surface area is 201 Å². The Kier molecular flexibility index (Phi) is 8.56. The molecule has 0 amide bonds. The third kappa shape index (κ3) is 4.25. The first-order valence-electron chi connectivity index (χ1n) is 11.7. The predicted octanol–water partition coefficient (Wildman–Crippen LogP) is 4.76. The molecule has 0 bridgehead atoms. The fraction of sp³-hybridized carbons (Fsp3) is 0.481.